The van der Waals surface area contributed by atoms with Gasteiger partial charge in [0.05, 0.1) is 0 Å². The van der Waals surface area contributed by atoms with Crippen molar-refractivity contribution >= 4 is 11.6 Å². The van der Waals surface area contributed by atoms with E-state index in [1.165, 1.54) is 0 Å². The number of pyridine rings is 1. The molecule has 2 bridgehead atoms. The number of halogens is 1. The lowest BCUT2D eigenvalue weighted by Crippen LogP contribution is -2.29. The number of hydrogen-bond donors (Lipinski definition) is 1. The second-order valence-corrected chi connectivity index (χ2v) is 4.82. The van der Waals surface area contributed by atoms with Crippen LogP contribution in [0.2, 0.25) is 5.02 Å². The van der Waals surface area contributed by atoms with Gasteiger partial charge in [-0.1, -0.05) is 41.9 Å². The summed E-state index contributed by atoms with van der Waals surface area (Å²) in [5, 5.41) is 9.98. The Bertz CT molecular complexity index is 679. The number of rotatable bonds is 3. The number of nitrogens with zero attached hydrogens (tertiary/aromatic N) is 1. The summed E-state index contributed by atoms with van der Waals surface area (Å²) in [6.45, 7) is 0.253. The van der Waals surface area contributed by atoms with E-state index in [9.17, 15) is 9.90 Å². The zero-order valence-electron chi connectivity index (χ0n) is 10.1. The first-order chi connectivity index (χ1) is 9.18. The molecule has 1 aliphatic rings. The van der Waals surface area contributed by atoms with E-state index in [4.69, 9.17) is 16.4 Å². The van der Waals surface area contributed by atoms with Gasteiger partial charge >= 0.3 is 5.56 Å². The van der Waals surface area contributed by atoms with Crippen LogP contribution in [0.5, 0.6) is 5.75 Å². The lowest BCUT2D eigenvalue weighted by atomic mass is 10.2. The van der Waals surface area contributed by atoms with Crippen molar-refractivity contribution < 1.29 is 9.94 Å². The highest BCUT2D eigenvalue weighted by Gasteiger charge is 2.26. The predicted molar refractivity (Wildman–Crippen MR) is 71.5 cm³/mol. The summed E-state index contributed by atoms with van der Waals surface area (Å²) in [4.78, 5) is 17.5. The minimum absolute atomic E-state index is 0.0480. The summed E-state index contributed by atoms with van der Waals surface area (Å²) in [6, 6.07) is 9.51. The summed E-state index contributed by atoms with van der Waals surface area (Å²) in [5.41, 5.74) is 1.57. The second-order valence-electron chi connectivity index (χ2n) is 4.45. The molecule has 5 heteroatoms. The van der Waals surface area contributed by atoms with Crippen molar-refractivity contribution in [3.05, 3.63) is 62.5 Å². The standard InChI is InChI=1S/C14H12ClNO3/c15-12-10-6-7-11(13(10)17)16(14(12)18)19-8-9-4-2-1-3-5-9/h1-5,17H,6-8H2. The van der Waals surface area contributed by atoms with Crippen molar-refractivity contribution in [2.24, 2.45) is 0 Å². The number of aromatic hydroxyl groups is 1. The lowest BCUT2D eigenvalue weighted by molar-refractivity contribution is 0.0822. The number of hydrogen-bond acceptors (Lipinski definition) is 3. The van der Waals surface area contributed by atoms with Crippen LogP contribution in [0.4, 0.5) is 0 Å². The van der Waals surface area contributed by atoms with Gasteiger partial charge in [0.25, 0.3) is 0 Å². The van der Waals surface area contributed by atoms with Gasteiger partial charge in [-0.15, -0.1) is 4.73 Å². The van der Waals surface area contributed by atoms with E-state index < -0.39 is 5.56 Å². The van der Waals surface area contributed by atoms with E-state index in [2.05, 4.69) is 0 Å². The van der Waals surface area contributed by atoms with Crippen molar-refractivity contribution in [3.8, 4) is 5.75 Å². The Labute approximate surface area is 114 Å². The molecule has 0 aliphatic heterocycles. The smallest absolute Gasteiger partial charge is 0.302 e. The average Bonchev–Trinajstić information content (AvgIpc) is 2.75. The third-order valence-corrected chi connectivity index (χ3v) is 3.65. The molecule has 0 fully saturated rings. The first kappa shape index (κ1) is 12.1. The Morgan fingerprint density at radius 2 is 2.00 bits per heavy atom. The SMILES string of the molecule is O=c1c(Cl)c2c(O)c(n1OCc1ccccc1)CC2. The monoisotopic (exact) mass is 277 g/mol. The molecule has 0 amide bonds. The van der Waals surface area contributed by atoms with Crippen LogP contribution >= 0.6 is 11.6 Å². The van der Waals surface area contributed by atoms with Gasteiger partial charge in [0, 0.05) is 5.56 Å². The van der Waals surface area contributed by atoms with Crippen LogP contribution in [0.3, 0.4) is 0 Å². The van der Waals surface area contributed by atoms with Gasteiger partial charge in [0.1, 0.15) is 23.1 Å². The van der Waals surface area contributed by atoms with Gasteiger partial charge in [-0.3, -0.25) is 4.79 Å². The highest BCUT2D eigenvalue weighted by molar-refractivity contribution is 6.31. The van der Waals surface area contributed by atoms with E-state index in [0.29, 0.717) is 24.1 Å². The fraction of sp³-hybridized carbons (Fsp3) is 0.214. The van der Waals surface area contributed by atoms with E-state index in [-0.39, 0.29) is 17.4 Å². The molecule has 2 aromatic rings. The van der Waals surface area contributed by atoms with Crippen LogP contribution in [-0.4, -0.2) is 9.84 Å². The maximum atomic E-state index is 12.0. The van der Waals surface area contributed by atoms with Crippen molar-refractivity contribution in [2.45, 2.75) is 19.4 Å². The third-order valence-electron chi connectivity index (χ3n) is 3.26. The summed E-state index contributed by atoms with van der Waals surface area (Å²) >= 11 is 5.95. The molecule has 19 heavy (non-hydrogen) atoms. The minimum atomic E-state index is -0.405. The molecule has 1 aromatic heterocycles. The highest BCUT2D eigenvalue weighted by Crippen LogP contribution is 2.34. The number of benzene rings is 1. The molecule has 0 atom stereocenters. The Hall–Kier alpha value is -1.94. The molecule has 1 heterocycles. The Morgan fingerprint density at radius 1 is 1.26 bits per heavy atom. The largest absolute Gasteiger partial charge is 0.506 e. The van der Waals surface area contributed by atoms with Crippen LogP contribution in [0, 0.1) is 0 Å². The van der Waals surface area contributed by atoms with Crippen LogP contribution in [0.25, 0.3) is 0 Å². The number of fused-ring (bicyclic) bond motifs is 2. The average molecular weight is 278 g/mol. The molecule has 0 radical (unpaired) electrons. The van der Waals surface area contributed by atoms with E-state index in [0.717, 1.165) is 10.3 Å². The van der Waals surface area contributed by atoms with E-state index in [1.807, 2.05) is 30.3 Å². The van der Waals surface area contributed by atoms with Gasteiger partial charge in [-0.2, -0.15) is 0 Å². The summed E-state index contributed by atoms with van der Waals surface area (Å²) in [7, 11) is 0. The first-order valence-electron chi connectivity index (χ1n) is 6.01. The summed E-state index contributed by atoms with van der Waals surface area (Å²) in [5.74, 6) is 0.0812. The van der Waals surface area contributed by atoms with Crippen molar-refractivity contribution in [1.29, 1.82) is 0 Å². The van der Waals surface area contributed by atoms with Crippen LogP contribution in [-0.2, 0) is 19.4 Å². The molecular formula is C14H12ClNO3. The lowest BCUT2D eigenvalue weighted by Gasteiger charge is -2.12. The van der Waals surface area contributed by atoms with Crippen molar-refractivity contribution in [1.82, 2.24) is 4.73 Å². The Morgan fingerprint density at radius 3 is 2.74 bits per heavy atom. The van der Waals surface area contributed by atoms with Gasteiger partial charge in [0.2, 0.25) is 0 Å². The van der Waals surface area contributed by atoms with Crippen molar-refractivity contribution in [2.75, 3.05) is 0 Å². The molecule has 1 aliphatic carbocycles. The van der Waals surface area contributed by atoms with Crippen LogP contribution in [0.1, 0.15) is 16.8 Å². The van der Waals surface area contributed by atoms with Crippen LogP contribution < -0.4 is 10.4 Å². The molecule has 1 aromatic carbocycles. The fourth-order valence-electron chi connectivity index (χ4n) is 2.26. The maximum absolute atomic E-state index is 12.0. The first-order valence-corrected chi connectivity index (χ1v) is 6.38. The Balaban J connectivity index is 1.94. The minimum Gasteiger partial charge on any atom is -0.506 e. The van der Waals surface area contributed by atoms with Crippen molar-refractivity contribution in [3.63, 3.8) is 0 Å². The predicted octanol–water partition coefficient (Wildman–Crippen LogP) is 1.93. The van der Waals surface area contributed by atoms with Gasteiger partial charge < -0.3 is 9.94 Å². The molecule has 1 N–H and O–H groups in total. The van der Waals surface area contributed by atoms with Gasteiger partial charge in [-0.05, 0) is 18.4 Å². The molecule has 0 saturated carbocycles. The molecule has 0 saturated heterocycles. The van der Waals surface area contributed by atoms with Gasteiger partial charge in [-0.25, -0.2) is 0 Å². The van der Waals surface area contributed by atoms with E-state index in [1.54, 1.807) is 0 Å². The van der Waals surface area contributed by atoms with E-state index >= 15 is 0 Å². The normalized spacial score (nSPS) is 12.7. The molecule has 0 spiro atoms. The second kappa shape index (κ2) is 4.63. The van der Waals surface area contributed by atoms with Crippen LogP contribution in [0.15, 0.2) is 35.1 Å². The maximum Gasteiger partial charge on any atom is 0.302 e. The third kappa shape index (κ3) is 1.98. The Kier molecular flexibility index (Phi) is 2.95. The topological polar surface area (TPSA) is 51.5 Å². The summed E-state index contributed by atoms with van der Waals surface area (Å²) < 4.78 is 1.11. The molecule has 0 unspecified atom stereocenters. The number of aromatic nitrogens is 1. The zero-order valence-corrected chi connectivity index (χ0v) is 10.9. The zero-order chi connectivity index (χ0) is 13.4. The molecule has 4 nitrogen and oxygen atoms in total. The summed E-state index contributed by atoms with van der Waals surface area (Å²) in [6.07, 6.45) is 1.15. The van der Waals surface area contributed by atoms with Gasteiger partial charge in [0.15, 0.2) is 0 Å². The fourth-order valence-corrected chi connectivity index (χ4v) is 2.52. The molecule has 98 valence electrons. The quantitative estimate of drug-likeness (QED) is 0.933. The molecular weight excluding hydrogens is 266 g/mol. The molecule has 3 rings (SSSR count). The highest BCUT2D eigenvalue weighted by atomic mass is 35.5.